The molecule has 2 N–H and O–H groups in total. The van der Waals surface area contributed by atoms with E-state index in [0.717, 1.165) is 53.2 Å². The number of pyridine rings is 1. The Labute approximate surface area is 204 Å². The van der Waals surface area contributed by atoms with Crippen LogP contribution in [-0.2, 0) is 4.79 Å². The van der Waals surface area contributed by atoms with Crippen molar-refractivity contribution in [1.29, 1.82) is 0 Å². The van der Waals surface area contributed by atoms with Crippen LogP contribution >= 0.6 is 0 Å². The molecule has 2 saturated carbocycles. The van der Waals surface area contributed by atoms with E-state index in [0.29, 0.717) is 11.8 Å². The normalized spacial score (nSPS) is 22.9. The molecule has 0 saturated heterocycles. The molecule has 2 aliphatic rings. The van der Waals surface area contributed by atoms with Gasteiger partial charge in [0.15, 0.2) is 0 Å². The van der Waals surface area contributed by atoms with Crippen LogP contribution in [0.2, 0.25) is 0 Å². The Balaban J connectivity index is 1.22. The number of nitrogens with zero attached hydrogens (tertiary/aromatic N) is 4. The van der Waals surface area contributed by atoms with E-state index in [9.17, 15) is 4.79 Å². The van der Waals surface area contributed by atoms with E-state index >= 15 is 0 Å². The van der Waals surface area contributed by atoms with Gasteiger partial charge in [-0.25, -0.2) is 4.52 Å². The van der Waals surface area contributed by atoms with Gasteiger partial charge in [-0.3, -0.25) is 9.78 Å². The first-order chi connectivity index (χ1) is 16.9. The van der Waals surface area contributed by atoms with E-state index in [4.69, 9.17) is 9.84 Å². The minimum atomic E-state index is -0.351. The lowest BCUT2D eigenvalue weighted by Gasteiger charge is -2.48. The van der Waals surface area contributed by atoms with Crippen LogP contribution < -0.4 is 15.4 Å². The van der Waals surface area contributed by atoms with Crippen molar-refractivity contribution in [2.45, 2.75) is 57.5 Å². The van der Waals surface area contributed by atoms with Gasteiger partial charge in [0.25, 0.3) is 0 Å². The van der Waals surface area contributed by atoms with Crippen LogP contribution in [0.25, 0.3) is 27.5 Å². The third kappa shape index (κ3) is 3.77. The van der Waals surface area contributed by atoms with Crippen LogP contribution in [0.5, 0.6) is 5.88 Å². The van der Waals surface area contributed by atoms with Crippen molar-refractivity contribution in [3.63, 3.8) is 0 Å². The summed E-state index contributed by atoms with van der Waals surface area (Å²) >= 11 is 0. The summed E-state index contributed by atoms with van der Waals surface area (Å²) in [6.45, 7) is 4.19. The topological polar surface area (TPSA) is 93.4 Å². The quantitative estimate of drug-likeness (QED) is 0.428. The summed E-state index contributed by atoms with van der Waals surface area (Å²) in [7, 11) is 1.62. The van der Waals surface area contributed by atoms with Crippen molar-refractivity contribution in [3.05, 3.63) is 48.8 Å². The van der Waals surface area contributed by atoms with E-state index in [1.165, 1.54) is 6.42 Å². The minimum Gasteiger partial charge on any atom is -0.479 e. The number of fused-ring (bicyclic) bond motifs is 2. The molecule has 3 aromatic heterocycles. The average Bonchev–Trinajstić information content (AvgIpc) is 3.25. The van der Waals surface area contributed by atoms with Crippen LogP contribution in [0.1, 0.15) is 46.0 Å². The van der Waals surface area contributed by atoms with Gasteiger partial charge in [-0.2, -0.15) is 4.98 Å². The number of hydrogen-bond acceptors (Lipinski definition) is 6. The maximum Gasteiger partial charge on any atom is 0.244 e. The second kappa shape index (κ2) is 7.93. The number of carbonyl (C=O) groups excluding carboxylic acids is 1. The number of rotatable bonds is 6. The first-order valence-electron chi connectivity index (χ1n) is 12.2. The summed E-state index contributed by atoms with van der Waals surface area (Å²) in [4.78, 5) is 21.9. The monoisotopic (exact) mass is 470 g/mol. The molecule has 1 aromatic carbocycles. The maximum absolute atomic E-state index is 12.8. The van der Waals surface area contributed by atoms with Crippen molar-refractivity contribution in [1.82, 2.24) is 24.9 Å². The van der Waals surface area contributed by atoms with Crippen molar-refractivity contribution >= 4 is 28.3 Å². The standard InChI is InChI=1S/C27H30N6O2/c1-26(24(34)31-27(2)10-5-11-27)15-19(16-26)29-25-30-23(35-3)22-20(9-13-33(22)32-25)17-7-8-21-18(14-17)6-4-12-28-21/h4,6-9,12-14,19H,5,10-11,15-16H2,1-3H3,(H,29,32)(H,31,34). The van der Waals surface area contributed by atoms with Gasteiger partial charge in [0.2, 0.25) is 17.7 Å². The number of carbonyl (C=O) groups is 1. The number of methoxy groups -OCH3 is 1. The van der Waals surface area contributed by atoms with Crippen LogP contribution in [0.15, 0.2) is 48.8 Å². The lowest BCUT2D eigenvalue weighted by atomic mass is 9.65. The number of amides is 1. The molecule has 2 fully saturated rings. The van der Waals surface area contributed by atoms with Crippen LogP contribution in [-0.4, -0.2) is 44.2 Å². The summed E-state index contributed by atoms with van der Waals surface area (Å²) < 4.78 is 7.48. The van der Waals surface area contributed by atoms with Crippen molar-refractivity contribution in [2.24, 2.45) is 5.41 Å². The van der Waals surface area contributed by atoms with Gasteiger partial charge in [-0.1, -0.05) is 19.1 Å². The molecular weight excluding hydrogens is 440 g/mol. The molecule has 35 heavy (non-hydrogen) atoms. The van der Waals surface area contributed by atoms with Gasteiger partial charge >= 0.3 is 0 Å². The Hall–Kier alpha value is -3.68. The average molecular weight is 471 g/mol. The SMILES string of the molecule is COc1nc(NC2CC(C)(C(=O)NC3(C)CCC3)C2)nn2ccc(-c3ccc4ncccc4c3)c12. The molecule has 4 aromatic rings. The van der Waals surface area contributed by atoms with Gasteiger partial charge in [-0.15, -0.1) is 5.10 Å². The molecule has 2 aliphatic carbocycles. The third-order valence-electron chi connectivity index (χ3n) is 7.73. The maximum atomic E-state index is 12.8. The molecule has 3 heterocycles. The number of benzene rings is 1. The van der Waals surface area contributed by atoms with Gasteiger partial charge in [0.1, 0.15) is 5.52 Å². The Morgan fingerprint density at radius 2 is 2.00 bits per heavy atom. The summed E-state index contributed by atoms with van der Waals surface area (Å²) in [5.74, 6) is 1.16. The zero-order valence-electron chi connectivity index (χ0n) is 20.3. The lowest BCUT2D eigenvalue weighted by Crippen LogP contribution is -2.59. The molecule has 0 spiro atoms. The van der Waals surface area contributed by atoms with Crippen molar-refractivity contribution < 1.29 is 9.53 Å². The van der Waals surface area contributed by atoms with E-state index < -0.39 is 0 Å². The lowest BCUT2D eigenvalue weighted by molar-refractivity contribution is -0.138. The molecule has 8 nitrogen and oxygen atoms in total. The largest absolute Gasteiger partial charge is 0.479 e. The number of hydrogen-bond donors (Lipinski definition) is 2. The second-order valence-electron chi connectivity index (χ2n) is 10.6. The van der Waals surface area contributed by atoms with E-state index in [-0.39, 0.29) is 22.9 Å². The fraction of sp³-hybridized carbons (Fsp3) is 0.407. The Morgan fingerprint density at radius 3 is 2.74 bits per heavy atom. The summed E-state index contributed by atoms with van der Waals surface area (Å²) in [5.41, 5.74) is 3.45. The fourth-order valence-electron chi connectivity index (χ4n) is 5.43. The molecule has 0 atom stereocenters. The molecular formula is C27H30N6O2. The highest BCUT2D eigenvalue weighted by Gasteiger charge is 2.48. The zero-order chi connectivity index (χ0) is 24.2. The molecule has 6 rings (SSSR count). The number of nitrogens with one attached hydrogen (secondary N) is 2. The van der Waals surface area contributed by atoms with Gasteiger partial charge < -0.3 is 15.4 Å². The van der Waals surface area contributed by atoms with E-state index in [2.05, 4.69) is 45.7 Å². The van der Waals surface area contributed by atoms with Gasteiger partial charge in [0.05, 0.1) is 18.0 Å². The van der Waals surface area contributed by atoms with Gasteiger partial charge in [0, 0.05) is 34.9 Å². The molecule has 1 amide bonds. The predicted molar refractivity (Wildman–Crippen MR) is 135 cm³/mol. The molecule has 180 valence electrons. The molecule has 0 unspecified atom stereocenters. The Bertz CT molecular complexity index is 1430. The van der Waals surface area contributed by atoms with Crippen molar-refractivity contribution in [3.8, 4) is 17.0 Å². The summed E-state index contributed by atoms with van der Waals surface area (Å²) in [6.07, 6.45) is 8.55. The number of aromatic nitrogens is 4. The van der Waals surface area contributed by atoms with E-state index in [1.54, 1.807) is 17.8 Å². The molecule has 0 bridgehead atoms. The van der Waals surface area contributed by atoms with Crippen LogP contribution in [0, 0.1) is 5.41 Å². The van der Waals surface area contributed by atoms with Crippen molar-refractivity contribution in [2.75, 3.05) is 12.4 Å². The molecule has 8 heteroatoms. The number of ether oxygens (including phenoxy) is 1. The van der Waals surface area contributed by atoms with Gasteiger partial charge in [-0.05, 0) is 68.9 Å². The van der Waals surface area contributed by atoms with Crippen LogP contribution in [0.3, 0.4) is 0 Å². The number of anilines is 1. The highest BCUT2D eigenvalue weighted by atomic mass is 16.5. The summed E-state index contributed by atoms with van der Waals surface area (Å²) in [5, 5.41) is 12.4. The first kappa shape index (κ1) is 21.8. The van der Waals surface area contributed by atoms with E-state index in [1.807, 2.05) is 31.3 Å². The molecule has 0 aliphatic heterocycles. The highest BCUT2D eigenvalue weighted by molar-refractivity contribution is 5.90. The Kier molecular flexibility index (Phi) is 4.95. The second-order valence-corrected chi connectivity index (χ2v) is 10.6. The summed E-state index contributed by atoms with van der Waals surface area (Å²) in [6, 6.07) is 12.4. The van der Waals surface area contributed by atoms with Crippen LogP contribution in [0.4, 0.5) is 5.95 Å². The third-order valence-corrected chi connectivity index (χ3v) is 7.73. The first-order valence-corrected chi connectivity index (χ1v) is 12.2. The minimum absolute atomic E-state index is 0.0200. The fourth-order valence-corrected chi connectivity index (χ4v) is 5.43. The zero-order valence-corrected chi connectivity index (χ0v) is 20.3. The Morgan fingerprint density at radius 1 is 1.17 bits per heavy atom. The predicted octanol–water partition coefficient (Wildman–Crippen LogP) is 4.59. The molecule has 0 radical (unpaired) electrons. The smallest absolute Gasteiger partial charge is 0.244 e. The highest BCUT2D eigenvalue weighted by Crippen LogP contribution is 2.44.